The molecule has 0 saturated carbocycles. The second-order valence-corrected chi connectivity index (χ2v) is 0.403. The van der Waals surface area contributed by atoms with Crippen molar-refractivity contribution >= 4 is 14.7 Å². The molecule has 0 aromatic rings. The maximum absolute atomic E-state index is 8.70. The van der Waals surface area contributed by atoms with Gasteiger partial charge in [0, 0.05) is 17.1 Å². The zero-order chi connectivity index (χ0) is 12.8. The van der Waals surface area contributed by atoms with Crippen molar-refractivity contribution in [2.75, 3.05) is 14.2 Å². The van der Waals surface area contributed by atoms with Crippen LogP contribution in [-0.4, -0.2) is 60.6 Å². The Labute approximate surface area is 127 Å². The molecule has 0 heterocycles. The van der Waals surface area contributed by atoms with E-state index >= 15 is 0 Å². The van der Waals surface area contributed by atoms with Crippen LogP contribution in [0.3, 0.4) is 0 Å². The largest absolute Gasteiger partial charge is 0 e. The van der Waals surface area contributed by atoms with E-state index in [1.54, 1.807) is 0 Å². The van der Waals surface area contributed by atoms with Crippen LogP contribution < -0.4 is 0 Å². The number of aliphatic hydroxyl groups is 2. The number of hydrogen-bond donors (Lipinski definition) is 4. The minimum Gasteiger partial charge on any atom is 0 e. The summed E-state index contributed by atoms with van der Waals surface area (Å²) in [6.07, 6.45) is 0. The zero-order valence-corrected chi connectivity index (χ0v) is 9.58. The van der Waals surface area contributed by atoms with Crippen LogP contribution in [-0.2, 0) is 19.0 Å². The van der Waals surface area contributed by atoms with Gasteiger partial charge < -0.3 is 21.2 Å². The molecule has 0 fully saturated rings. The van der Waals surface area contributed by atoms with Crippen LogP contribution in [0.4, 0.5) is 0 Å². The van der Waals surface area contributed by atoms with E-state index in [-0.39, 0.29) is 58.2 Å². The first-order valence-corrected chi connectivity index (χ1v) is 3.20. The van der Waals surface area contributed by atoms with Gasteiger partial charge in [-0.15, -0.1) is 0 Å². The first kappa shape index (κ1) is 95.5. The first-order chi connectivity index (χ1) is 6.83. The van der Waals surface area contributed by atoms with Crippen molar-refractivity contribution in [2.45, 2.75) is 43.6 Å². The molecule has 0 unspecified atom stereocenters. The average molecular weight is 318 g/mol. The van der Waals surface area contributed by atoms with Crippen LogP contribution >= 0.6 is 0 Å². The van der Waals surface area contributed by atoms with Crippen molar-refractivity contribution in [3.05, 3.63) is 0 Å². The minimum atomic E-state index is -0.0694. The second kappa shape index (κ2) is 553. The fourth-order valence-electron chi connectivity index (χ4n) is 0. The van der Waals surface area contributed by atoms with E-state index in [2.05, 4.69) is 9.61 Å². The normalized spacial score (nSPS) is 2.60. The Balaban J connectivity index is -0.00000000395. The Hall–Kier alpha value is -0.910. The Bertz CT molecular complexity index is 72.9. The summed E-state index contributed by atoms with van der Waals surface area (Å²) in [6, 6.07) is 0. The summed E-state index contributed by atoms with van der Waals surface area (Å²) in [5, 5.41) is 28.0. The van der Waals surface area contributed by atoms with Gasteiger partial charge in [-0.05, 0) is 0 Å². The van der Waals surface area contributed by atoms with E-state index in [0.717, 1.165) is 14.2 Å². The van der Waals surface area contributed by atoms with Crippen molar-refractivity contribution in [1.82, 2.24) is 0 Å². The van der Waals surface area contributed by atoms with E-state index in [1.165, 1.54) is 0 Å². The van der Waals surface area contributed by atoms with Gasteiger partial charge in [-0.1, -0.05) is 43.6 Å². The molecule has 0 aliphatic carbocycles. The number of hydrogen-bond acceptors (Lipinski definition) is 8. The van der Waals surface area contributed by atoms with Crippen LogP contribution in [0.2, 0.25) is 0 Å². The summed E-state index contributed by atoms with van der Waals surface area (Å²) in [5.74, 6) is 0. The molecule has 0 rings (SSSR count). The molecule has 0 radical (unpaired) electrons. The molecule has 0 amide bonds. The van der Waals surface area contributed by atoms with Gasteiger partial charge >= 0.3 is 44.2 Å². The van der Waals surface area contributed by atoms with E-state index in [9.17, 15) is 0 Å². The van der Waals surface area contributed by atoms with Gasteiger partial charge in [0.1, 0.15) is 0 Å². The summed E-state index contributed by atoms with van der Waals surface area (Å²) < 4.78 is 17.4. The Morgan fingerprint density at radius 3 is 0.750 bits per heavy atom. The van der Waals surface area contributed by atoms with E-state index in [1.807, 2.05) is 13.8 Å². The fraction of sp³-hybridized carbons (Fsp3) is 1.00. The van der Waals surface area contributed by atoms with Crippen LogP contribution in [0, 0.1) is 0 Å². The topological polar surface area (TPSA) is 197 Å². The molecular weight excluding hydrogens is 278 g/mol. The van der Waals surface area contributed by atoms with Gasteiger partial charge in [-0.2, -0.15) is 0 Å². The van der Waals surface area contributed by atoms with Gasteiger partial charge in [0.25, 0.3) is 0 Å². The Kier molecular flexibility index (Phi) is 2640. The van der Waals surface area contributed by atoms with Crippen LogP contribution in [0.25, 0.3) is 0 Å². The van der Waals surface area contributed by atoms with Crippen molar-refractivity contribution in [1.29, 1.82) is 0 Å². The molecule has 0 aromatic carbocycles. The van der Waals surface area contributed by atoms with Crippen molar-refractivity contribution in [3.63, 3.8) is 0 Å². The van der Waals surface area contributed by atoms with Crippen LogP contribution in [0.5, 0.6) is 0 Å². The molecule has 0 aliphatic rings. The van der Waals surface area contributed by atoms with Crippen molar-refractivity contribution < 1.29 is 53.6 Å². The van der Waals surface area contributed by atoms with Crippen LogP contribution in [0.15, 0.2) is 0 Å². The molecule has 0 aliphatic heterocycles. The van der Waals surface area contributed by atoms with Crippen molar-refractivity contribution in [2.24, 2.45) is 0 Å². The molecule has 8 N–H and O–H groups in total. The third kappa shape index (κ3) is 3720. The first-order valence-electron chi connectivity index (χ1n) is 3.20. The summed E-state index contributed by atoms with van der Waals surface area (Å²) in [4.78, 5) is 5.72. The summed E-state index contributed by atoms with van der Waals surface area (Å²) >= 11 is 0. The van der Waals surface area contributed by atoms with Gasteiger partial charge in [0.2, 0.25) is 0 Å². The molecule has 0 spiro atoms. The van der Waals surface area contributed by atoms with E-state index in [0.29, 0.717) is 0 Å². The molecule has 12 heteroatoms. The molecule has 0 saturated heterocycles. The average Bonchev–Trinajstić information content (AvgIpc) is 2.36. The summed E-state index contributed by atoms with van der Waals surface area (Å²) in [5.41, 5.74) is 0. The van der Waals surface area contributed by atoms with Gasteiger partial charge in [-0.3, -0.25) is 0 Å². The molecule has 0 atom stereocenters. The predicted octanol–water partition coefficient (Wildman–Crippen LogP) is 0.512. The van der Waals surface area contributed by atoms with Gasteiger partial charge in [0.15, 0.2) is 0 Å². The fourth-order valence-corrected chi connectivity index (χ4v) is 0. The minimum absolute atomic E-state index is 0. The van der Waals surface area contributed by atoms with Gasteiger partial charge in [-0.25, -0.2) is 0 Å². The Morgan fingerprint density at radius 1 is 0.700 bits per heavy atom. The molecule has 0 aromatic heterocycles. The zero-order valence-electron chi connectivity index (χ0n) is 9.58. The molecule has 20 heavy (non-hydrogen) atoms. The maximum Gasteiger partial charge on any atom is 0 e. The number of aliphatic hydroxyl groups excluding tert-OH is 2. The number of rotatable bonds is 2. The quantitative estimate of drug-likeness (QED) is 0.320. The SMILES string of the molecule is C.C.C.C.CC.CO.CO.O.O.O=BOO.O=BOO.[HH].[HH]. The molecular formula is C8H40B2O10. The summed E-state index contributed by atoms with van der Waals surface area (Å²) in [7, 11) is 1.86. The third-order valence-electron chi connectivity index (χ3n) is 0.0861. The maximum atomic E-state index is 8.70. The summed E-state index contributed by atoms with van der Waals surface area (Å²) in [6.45, 7) is 4.00. The molecule has 10 nitrogen and oxygen atoms in total. The second-order valence-electron chi connectivity index (χ2n) is 0.403. The van der Waals surface area contributed by atoms with Crippen LogP contribution in [0.1, 0.15) is 46.4 Å². The van der Waals surface area contributed by atoms with E-state index in [4.69, 9.17) is 30.1 Å². The van der Waals surface area contributed by atoms with Gasteiger partial charge in [0.05, 0.1) is 0 Å². The standard InChI is InChI=1S/C2H6.2CH4O.4CH4.2BHO3.2H2O.2H2/c3*1-2;;;;;2*2-1-4-3;;;;/h1-2H3;2*2H,1H3;4*1H4;2*3H;2*1H2;2*1H. The predicted molar refractivity (Wildman–Crippen MR) is 86.3 cm³/mol. The Morgan fingerprint density at radius 2 is 0.750 bits per heavy atom. The van der Waals surface area contributed by atoms with Crippen molar-refractivity contribution in [3.8, 4) is 0 Å². The smallest absolute Gasteiger partial charge is 0 e. The molecule has 138 valence electrons. The monoisotopic (exact) mass is 318 g/mol. The molecule has 0 bridgehead atoms. The van der Waals surface area contributed by atoms with E-state index < -0.39 is 0 Å². The third-order valence-corrected chi connectivity index (χ3v) is 0.0861.